The molecule has 0 spiro atoms. The molecule has 14 heteroatoms. The number of alkyl halides is 3. The van der Waals surface area contributed by atoms with Gasteiger partial charge in [-0.25, -0.2) is 15.0 Å². The highest BCUT2D eigenvalue weighted by atomic mass is 35.5. The van der Waals surface area contributed by atoms with Crippen molar-refractivity contribution in [2.75, 3.05) is 17.2 Å². The van der Waals surface area contributed by atoms with Crippen LogP contribution in [0.1, 0.15) is 56.5 Å². The van der Waals surface area contributed by atoms with Gasteiger partial charge in [0.05, 0.1) is 29.0 Å². The Balaban J connectivity index is 1.42. The number of hydrogen-bond acceptors (Lipinski definition) is 7. The lowest BCUT2D eigenvalue weighted by Gasteiger charge is -2.13. The zero-order chi connectivity index (χ0) is 24.5. The standard InChI is InChI=1S/C20H19ClF3N7O2S/c1-10(29-16(32)13-8-28-19-25-4-2-3-5-31(13)19)18-27-9-14(34-18)17(33)30-15-6-11(20(22,23)24)12(21)7-26-15/h6-10H,2-5H2,1H3,(H,25,28)(H,29,32)(H,26,30,33)/t10-/m1/s1. The number of rotatable bonds is 5. The molecular formula is C20H19ClF3N7O2S. The minimum Gasteiger partial charge on any atom is -0.356 e. The summed E-state index contributed by atoms with van der Waals surface area (Å²) in [5.74, 6) is -0.667. The number of carbonyl (C=O) groups is 2. The molecule has 3 aromatic rings. The second kappa shape index (κ2) is 9.58. The molecule has 1 aliphatic rings. The average Bonchev–Trinajstić information content (AvgIpc) is 3.36. The van der Waals surface area contributed by atoms with Gasteiger partial charge in [-0.3, -0.25) is 9.59 Å². The highest BCUT2D eigenvalue weighted by Gasteiger charge is 2.34. The summed E-state index contributed by atoms with van der Waals surface area (Å²) in [5, 5.41) is 8.21. The molecular weight excluding hydrogens is 495 g/mol. The van der Waals surface area contributed by atoms with Crippen LogP contribution in [0, 0.1) is 0 Å². The lowest BCUT2D eigenvalue weighted by atomic mass is 10.2. The van der Waals surface area contributed by atoms with Crippen LogP contribution in [-0.4, -0.2) is 37.9 Å². The lowest BCUT2D eigenvalue weighted by molar-refractivity contribution is -0.137. The summed E-state index contributed by atoms with van der Waals surface area (Å²) in [6.45, 7) is 3.18. The highest BCUT2D eigenvalue weighted by Crippen LogP contribution is 2.35. The lowest BCUT2D eigenvalue weighted by Crippen LogP contribution is -2.28. The van der Waals surface area contributed by atoms with Crippen molar-refractivity contribution in [1.29, 1.82) is 0 Å². The normalized spacial score (nSPS) is 14.5. The Morgan fingerprint density at radius 3 is 2.74 bits per heavy atom. The third kappa shape index (κ3) is 5.14. The Morgan fingerprint density at radius 1 is 1.18 bits per heavy atom. The summed E-state index contributed by atoms with van der Waals surface area (Å²) >= 11 is 6.56. The van der Waals surface area contributed by atoms with Crippen LogP contribution in [0.3, 0.4) is 0 Å². The fraction of sp³-hybridized carbons (Fsp3) is 0.350. The van der Waals surface area contributed by atoms with Crippen LogP contribution in [0.15, 0.2) is 24.7 Å². The third-order valence-corrected chi connectivity index (χ3v) is 6.53. The third-order valence-electron chi connectivity index (χ3n) is 5.05. The number of nitrogens with zero attached hydrogens (tertiary/aromatic N) is 4. The summed E-state index contributed by atoms with van der Waals surface area (Å²) in [6.07, 6.45) is 0.827. The number of fused-ring (bicyclic) bond motifs is 1. The Morgan fingerprint density at radius 2 is 1.97 bits per heavy atom. The predicted molar refractivity (Wildman–Crippen MR) is 120 cm³/mol. The largest absolute Gasteiger partial charge is 0.418 e. The van der Waals surface area contributed by atoms with Gasteiger partial charge in [0.2, 0.25) is 5.95 Å². The molecule has 3 N–H and O–H groups in total. The SMILES string of the molecule is C[C@@H](NC(=O)c1cnc2n1CCCCN2)c1ncc(C(=O)Nc2cc(C(F)(F)F)c(Cl)cn2)s1. The van der Waals surface area contributed by atoms with Crippen LogP contribution in [0.2, 0.25) is 5.02 Å². The second-order valence-electron chi connectivity index (χ2n) is 7.51. The zero-order valence-corrected chi connectivity index (χ0v) is 19.3. The molecule has 1 aliphatic heterocycles. The quantitative estimate of drug-likeness (QED) is 0.467. The van der Waals surface area contributed by atoms with Crippen LogP contribution in [0.4, 0.5) is 24.9 Å². The van der Waals surface area contributed by atoms with Gasteiger partial charge in [0.1, 0.15) is 21.4 Å². The van der Waals surface area contributed by atoms with E-state index in [2.05, 4.69) is 30.9 Å². The maximum atomic E-state index is 13.0. The van der Waals surface area contributed by atoms with E-state index in [9.17, 15) is 22.8 Å². The summed E-state index contributed by atoms with van der Waals surface area (Å²) < 4.78 is 40.9. The molecule has 0 aromatic carbocycles. The van der Waals surface area contributed by atoms with E-state index >= 15 is 0 Å². The van der Waals surface area contributed by atoms with Gasteiger partial charge in [-0.2, -0.15) is 13.2 Å². The number of amides is 2. The Kier molecular flexibility index (Phi) is 6.75. The molecule has 4 rings (SSSR count). The molecule has 2 amide bonds. The molecule has 0 radical (unpaired) electrons. The molecule has 9 nitrogen and oxygen atoms in total. The molecule has 0 saturated heterocycles. The summed E-state index contributed by atoms with van der Waals surface area (Å²) in [7, 11) is 0. The van der Waals surface area contributed by atoms with Crippen molar-refractivity contribution in [3.8, 4) is 0 Å². The fourth-order valence-electron chi connectivity index (χ4n) is 3.35. The highest BCUT2D eigenvalue weighted by molar-refractivity contribution is 7.13. The second-order valence-corrected chi connectivity index (χ2v) is 8.98. The van der Waals surface area contributed by atoms with E-state index in [1.807, 2.05) is 4.57 Å². The summed E-state index contributed by atoms with van der Waals surface area (Å²) in [5.41, 5.74) is -0.686. The Bertz CT molecular complexity index is 1230. The van der Waals surface area contributed by atoms with Crippen molar-refractivity contribution in [1.82, 2.24) is 24.8 Å². The molecule has 3 aromatic heterocycles. The van der Waals surface area contributed by atoms with E-state index in [0.717, 1.165) is 36.9 Å². The van der Waals surface area contributed by atoms with Gasteiger partial charge >= 0.3 is 6.18 Å². The molecule has 0 fully saturated rings. The van der Waals surface area contributed by atoms with Crippen molar-refractivity contribution in [3.63, 3.8) is 0 Å². The van der Waals surface area contributed by atoms with Gasteiger partial charge in [0.15, 0.2) is 0 Å². The van der Waals surface area contributed by atoms with Gasteiger partial charge in [0.25, 0.3) is 11.8 Å². The van der Waals surface area contributed by atoms with E-state index in [0.29, 0.717) is 29.3 Å². The first-order valence-electron chi connectivity index (χ1n) is 10.2. The van der Waals surface area contributed by atoms with Crippen molar-refractivity contribution in [2.45, 2.75) is 38.5 Å². The zero-order valence-electron chi connectivity index (χ0n) is 17.7. The van der Waals surface area contributed by atoms with Crippen LogP contribution < -0.4 is 16.0 Å². The van der Waals surface area contributed by atoms with Crippen LogP contribution in [0.5, 0.6) is 0 Å². The number of anilines is 2. The summed E-state index contributed by atoms with van der Waals surface area (Å²) in [4.78, 5) is 37.6. The molecule has 4 heterocycles. The van der Waals surface area contributed by atoms with E-state index in [-0.39, 0.29) is 16.6 Å². The molecule has 34 heavy (non-hydrogen) atoms. The van der Waals surface area contributed by atoms with Crippen molar-refractivity contribution < 1.29 is 22.8 Å². The first-order valence-corrected chi connectivity index (χ1v) is 11.4. The smallest absolute Gasteiger partial charge is 0.356 e. The van der Waals surface area contributed by atoms with Gasteiger partial charge < -0.3 is 20.5 Å². The van der Waals surface area contributed by atoms with Crippen molar-refractivity contribution in [2.24, 2.45) is 0 Å². The van der Waals surface area contributed by atoms with Gasteiger partial charge in [0, 0.05) is 19.3 Å². The van der Waals surface area contributed by atoms with Gasteiger partial charge in [-0.1, -0.05) is 11.6 Å². The fourth-order valence-corrected chi connectivity index (χ4v) is 4.37. The minimum atomic E-state index is -4.69. The van der Waals surface area contributed by atoms with E-state index in [1.54, 1.807) is 6.92 Å². The molecule has 0 saturated carbocycles. The Labute approximate surface area is 200 Å². The number of hydrogen-bond donors (Lipinski definition) is 3. The number of imidazole rings is 1. The summed E-state index contributed by atoms with van der Waals surface area (Å²) in [6, 6.07) is 0.142. The van der Waals surface area contributed by atoms with E-state index < -0.39 is 28.7 Å². The Hall–Kier alpha value is -3.19. The molecule has 0 unspecified atom stereocenters. The number of pyridine rings is 1. The topological polar surface area (TPSA) is 114 Å². The number of carbonyl (C=O) groups excluding carboxylic acids is 2. The monoisotopic (exact) mass is 513 g/mol. The molecule has 0 bridgehead atoms. The predicted octanol–water partition coefficient (Wildman–Crippen LogP) is 4.36. The number of halogens is 4. The number of nitrogens with one attached hydrogen (secondary N) is 3. The van der Waals surface area contributed by atoms with Crippen LogP contribution in [0.25, 0.3) is 0 Å². The van der Waals surface area contributed by atoms with Crippen molar-refractivity contribution >= 4 is 46.5 Å². The minimum absolute atomic E-state index is 0.142. The molecule has 1 atom stereocenters. The molecule has 180 valence electrons. The van der Waals surface area contributed by atoms with E-state index in [4.69, 9.17) is 11.6 Å². The average molecular weight is 514 g/mol. The van der Waals surface area contributed by atoms with Crippen LogP contribution in [-0.2, 0) is 12.7 Å². The molecule has 0 aliphatic carbocycles. The maximum absolute atomic E-state index is 13.0. The van der Waals surface area contributed by atoms with Crippen molar-refractivity contribution in [3.05, 3.63) is 50.8 Å². The van der Waals surface area contributed by atoms with Gasteiger partial charge in [-0.05, 0) is 25.8 Å². The number of aromatic nitrogens is 4. The van der Waals surface area contributed by atoms with E-state index in [1.165, 1.54) is 12.4 Å². The first kappa shape index (κ1) is 24.0. The van der Waals surface area contributed by atoms with Crippen LogP contribution >= 0.6 is 22.9 Å². The maximum Gasteiger partial charge on any atom is 0.418 e. The number of thiazole rings is 1. The first-order chi connectivity index (χ1) is 16.1. The van der Waals surface area contributed by atoms with Gasteiger partial charge in [-0.15, -0.1) is 11.3 Å².